The number of hydrogen-bond acceptors (Lipinski definition) is 3. The molecule has 1 aromatic rings. The van der Waals surface area contributed by atoms with Crippen LogP contribution in [0.2, 0.25) is 0 Å². The van der Waals surface area contributed by atoms with Crippen LogP contribution < -0.4 is 5.73 Å². The summed E-state index contributed by atoms with van der Waals surface area (Å²) >= 11 is 0. The van der Waals surface area contributed by atoms with Crippen molar-refractivity contribution < 1.29 is 0 Å². The first-order valence-electron chi connectivity index (χ1n) is 4.81. The Morgan fingerprint density at radius 1 is 1.77 bits per heavy atom. The molecule has 72 valence electrons. The van der Waals surface area contributed by atoms with Crippen LogP contribution in [0.1, 0.15) is 25.1 Å². The summed E-state index contributed by atoms with van der Waals surface area (Å²) in [5.74, 6) is 0. The van der Waals surface area contributed by atoms with Gasteiger partial charge in [0.15, 0.2) is 0 Å². The number of aromatic nitrogens is 2. The number of aromatic amines is 1. The third kappa shape index (κ3) is 1.47. The molecule has 0 spiro atoms. The van der Waals surface area contributed by atoms with Crippen molar-refractivity contribution in [3.05, 3.63) is 18.2 Å². The van der Waals surface area contributed by atoms with E-state index in [-0.39, 0.29) is 6.04 Å². The first-order chi connectivity index (χ1) is 6.33. The molecule has 1 aromatic heterocycles. The molecule has 0 aliphatic carbocycles. The molecular weight excluding hydrogens is 164 g/mol. The lowest BCUT2D eigenvalue weighted by atomic mass is 10.1. The van der Waals surface area contributed by atoms with Crippen LogP contribution in [0, 0.1) is 0 Å². The third-order valence-electron chi connectivity index (χ3n) is 2.79. The normalized spacial score (nSPS) is 29.7. The Bertz CT molecular complexity index is 257. The van der Waals surface area contributed by atoms with Crippen molar-refractivity contribution in [1.82, 2.24) is 14.9 Å². The summed E-state index contributed by atoms with van der Waals surface area (Å²) in [6.07, 6.45) is 4.67. The van der Waals surface area contributed by atoms with E-state index in [1.54, 1.807) is 6.33 Å². The van der Waals surface area contributed by atoms with Crippen LogP contribution in [0.3, 0.4) is 0 Å². The quantitative estimate of drug-likeness (QED) is 0.697. The number of hydrogen-bond donors (Lipinski definition) is 2. The zero-order valence-electron chi connectivity index (χ0n) is 7.90. The van der Waals surface area contributed by atoms with E-state index in [1.807, 2.05) is 6.20 Å². The maximum atomic E-state index is 6.05. The minimum absolute atomic E-state index is 0.250. The van der Waals surface area contributed by atoms with Crippen LogP contribution in [0.15, 0.2) is 12.5 Å². The predicted molar refractivity (Wildman–Crippen MR) is 51.2 cm³/mol. The lowest BCUT2D eigenvalue weighted by molar-refractivity contribution is 0.257. The third-order valence-corrected chi connectivity index (χ3v) is 2.79. The molecule has 0 amide bonds. The summed E-state index contributed by atoms with van der Waals surface area (Å²) in [4.78, 5) is 9.56. The lowest BCUT2D eigenvalue weighted by Crippen LogP contribution is -2.31. The van der Waals surface area contributed by atoms with Gasteiger partial charge in [-0.05, 0) is 13.0 Å². The number of H-pyrrole nitrogens is 1. The summed E-state index contributed by atoms with van der Waals surface area (Å²) < 4.78 is 0. The number of nitrogens with two attached hydrogens (primary N) is 1. The molecule has 2 heterocycles. The van der Waals surface area contributed by atoms with Crippen molar-refractivity contribution in [2.45, 2.75) is 25.4 Å². The average Bonchev–Trinajstić information content (AvgIpc) is 2.72. The van der Waals surface area contributed by atoms with Gasteiger partial charge in [-0.15, -0.1) is 0 Å². The molecule has 2 rings (SSSR count). The van der Waals surface area contributed by atoms with E-state index in [1.165, 1.54) is 0 Å². The highest BCUT2D eigenvalue weighted by Crippen LogP contribution is 2.28. The second-order valence-electron chi connectivity index (χ2n) is 3.53. The highest BCUT2D eigenvalue weighted by Gasteiger charge is 2.32. The zero-order chi connectivity index (χ0) is 9.26. The van der Waals surface area contributed by atoms with Crippen molar-refractivity contribution in [3.63, 3.8) is 0 Å². The SMILES string of the molecule is CCN1CCC(N)C1c1cnc[nH]1. The summed E-state index contributed by atoms with van der Waals surface area (Å²) in [5, 5.41) is 0. The zero-order valence-corrected chi connectivity index (χ0v) is 7.90. The maximum Gasteiger partial charge on any atom is 0.0922 e. The van der Waals surface area contributed by atoms with Gasteiger partial charge in [0.2, 0.25) is 0 Å². The summed E-state index contributed by atoms with van der Waals surface area (Å²) in [7, 11) is 0. The van der Waals surface area contributed by atoms with Gasteiger partial charge in [-0.3, -0.25) is 4.90 Å². The van der Waals surface area contributed by atoms with Gasteiger partial charge in [0.1, 0.15) is 0 Å². The Labute approximate surface area is 78.1 Å². The standard InChI is InChI=1S/C9H16N4/c1-2-13-4-3-7(10)9(13)8-5-11-6-12-8/h5-7,9H,2-4,10H2,1H3,(H,11,12). The largest absolute Gasteiger partial charge is 0.347 e. The Hall–Kier alpha value is -0.870. The van der Waals surface area contributed by atoms with Crippen LogP contribution in [-0.2, 0) is 0 Å². The van der Waals surface area contributed by atoms with Gasteiger partial charge in [0.05, 0.1) is 18.1 Å². The van der Waals surface area contributed by atoms with Crippen molar-refractivity contribution in [2.75, 3.05) is 13.1 Å². The maximum absolute atomic E-state index is 6.05. The summed E-state index contributed by atoms with van der Waals surface area (Å²) in [5.41, 5.74) is 7.19. The first kappa shape index (κ1) is 8.72. The monoisotopic (exact) mass is 180 g/mol. The molecule has 4 nitrogen and oxygen atoms in total. The fraction of sp³-hybridized carbons (Fsp3) is 0.667. The van der Waals surface area contributed by atoms with Crippen LogP contribution in [0.25, 0.3) is 0 Å². The molecule has 1 aliphatic rings. The Kier molecular flexibility index (Phi) is 2.33. The number of rotatable bonds is 2. The highest BCUT2D eigenvalue weighted by molar-refractivity contribution is 5.09. The predicted octanol–water partition coefficient (Wildman–Crippen LogP) is 0.504. The van der Waals surface area contributed by atoms with Crippen LogP contribution in [0.5, 0.6) is 0 Å². The topological polar surface area (TPSA) is 57.9 Å². The van der Waals surface area contributed by atoms with E-state index in [4.69, 9.17) is 5.73 Å². The molecule has 1 saturated heterocycles. The fourth-order valence-electron chi connectivity index (χ4n) is 2.09. The smallest absolute Gasteiger partial charge is 0.0922 e. The molecule has 0 radical (unpaired) electrons. The highest BCUT2D eigenvalue weighted by atomic mass is 15.2. The molecular formula is C9H16N4. The van der Waals surface area contributed by atoms with E-state index >= 15 is 0 Å². The second-order valence-corrected chi connectivity index (χ2v) is 3.53. The van der Waals surface area contributed by atoms with E-state index in [2.05, 4.69) is 21.8 Å². The van der Waals surface area contributed by atoms with Gasteiger partial charge >= 0.3 is 0 Å². The molecule has 0 saturated carbocycles. The molecule has 1 aliphatic heterocycles. The Balaban J connectivity index is 2.20. The number of likely N-dealkylation sites (tertiary alicyclic amines) is 1. The Morgan fingerprint density at radius 2 is 2.62 bits per heavy atom. The van der Waals surface area contributed by atoms with Gasteiger partial charge in [0.25, 0.3) is 0 Å². The van der Waals surface area contributed by atoms with Crippen molar-refractivity contribution in [3.8, 4) is 0 Å². The van der Waals surface area contributed by atoms with E-state index in [9.17, 15) is 0 Å². The minimum atomic E-state index is 0.250. The van der Waals surface area contributed by atoms with E-state index < -0.39 is 0 Å². The van der Waals surface area contributed by atoms with E-state index in [0.29, 0.717) is 6.04 Å². The average molecular weight is 180 g/mol. The molecule has 0 bridgehead atoms. The number of nitrogens with zero attached hydrogens (tertiary/aromatic N) is 2. The summed E-state index contributed by atoms with van der Waals surface area (Å²) in [6, 6.07) is 0.591. The van der Waals surface area contributed by atoms with Gasteiger partial charge in [-0.25, -0.2) is 4.98 Å². The molecule has 2 unspecified atom stereocenters. The first-order valence-corrected chi connectivity index (χ1v) is 4.81. The molecule has 1 fully saturated rings. The van der Waals surface area contributed by atoms with E-state index in [0.717, 1.165) is 25.2 Å². The second kappa shape index (κ2) is 3.47. The number of imidazole rings is 1. The number of nitrogens with one attached hydrogen (secondary N) is 1. The van der Waals surface area contributed by atoms with Crippen LogP contribution in [-0.4, -0.2) is 34.0 Å². The van der Waals surface area contributed by atoms with Crippen molar-refractivity contribution in [2.24, 2.45) is 5.73 Å². The lowest BCUT2D eigenvalue weighted by Gasteiger charge is -2.23. The molecule has 0 aromatic carbocycles. The molecule has 3 N–H and O–H groups in total. The Morgan fingerprint density at radius 3 is 3.23 bits per heavy atom. The molecule has 2 atom stereocenters. The van der Waals surface area contributed by atoms with Crippen molar-refractivity contribution >= 4 is 0 Å². The van der Waals surface area contributed by atoms with Gasteiger partial charge < -0.3 is 10.7 Å². The van der Waals surface area contributed by atoms with Crippen LogP contribution in [0.4, 0.5) is 0 Å². The van der Waals surface area contributed by atoms with Gasteiger partial charge in [-0.1, -0.05) is 6.92 Å². The molecule has 4 heteroatoms. The molecule has 13 heavy (non-hydrogen) atoms. The fourth-order valence-corrected chi connectivity index (χ4v) is 2.09. The number of likely N-dealkylation sites (N-methyl/N-ethyl adjacent to an activating group) is 1. The van der Waals surface area contributed by atoms with Crippen LogP contribution >= 0.6 is 0 Å². The van der Waals surface area contributed by atoms with Gasteiger partial charge in [-0.2, -0.15) is 0 Å². The van der Waals surface area contributed by atoms with Gasteiger partial charge in [0, 0.05) is 18.8 Å². The summed E-state index contributed by atoms with van der Waals surface area (Å²) in [6.45, 7) is 4.32. The minimum Gasteiger partial charge on any atom is -0.347 e. The van der Waals surface area contributed by atoms with Crippen molar-refractivity contribution in [1.29, 1.82) is 0 Å².